The van der Waals surface area contributed by atoms with E-state index in [1.807, 2.05) is 20.8 Å². The number of hydrogen-bond donors (Lipinski definition) is 2. The lowest BCUT2D eigenvalue weighted by molar-refractivity contribution is -0.140. The van der Waals surface area contributed by atoms with Crippen molar-refractivity contribution in [2.75, 3.05) is 6.61 Å². The highest BCUT2D eigenvalue weighted by Gasteiger charge is 2.12. The van der Waals surface area contributed by atoms with E-state index in [2.05, 4.69) is 0 Å². The van der Waals surface area contributed by atoms with Gasteiger partial charge in [-0.15, -0.1) is 12.4 Å². The zero-order valence-corrected chi connectivity index (χ0v) is 8.98. The molecule has 0 aliphatic rings. The van der Waals surface area contributed by atoms with Gasteiger partial charge in [-0.2, -0.15) is 0 Å². The maximum atomic E-state index is 10.8. The van der Waals surface area contributed by atoms with Gasteiger partial charge >= 0.3 is 5.97 Å². The van der Waals surface area contributed by atoms with E-state index < -0.39 is 5.97 Å². The van der Waals surface area contributed by atoms with Gasteiger partial charge in [-0.3, -0.25) is 0 Å². The topological polar surface area (TPSA) is 78.3 Å². The van der Waals surface area contributed by atoms with Crippen molar-refractivity contribution >= 4 is 18.4 Å². The molecular weight excluding hydrogens is 192 g/mol. The molecule has 0 rings (SSSR count). The van der Waals surface area contributed by atoms with Crippen LogP contribution in [0, 0.1) is 5.41 Å². The number of carbonyl (C=O) groups is 1. The molecule has 5 heteroatoms. The predicted molar refractivity (Wildman–Crippen MR) is 54.1 cm³/mol. The lowest BCUT2D eigenvalue weighted by Gasteiger charge is -2.16. The molecule has 0 amide bonds. The number of esters is 1. The van der Waals surface area contributed by atoms with Crippen molar-refractivity contribution in [3.05, 3.63) is 11.9 Å². The molecule has 0 aromatic heterocycles. The summed E-state index contributed by atoms with van der Waals surface area (Å²) in [6.45, 7) is 6.26. The molecule has 13 heavy (non-hydrogen) atoms. The monoisotopic (exact) mass is 208 g/mol. The van der Waals surface area contributed by atoms with Crippen LogP contribution in [0.15, 0.2) is 11.9 Å². The summed E-state index contributed by atoms with van der Waals surface area (Å²) in [7, 11) is 0. The Labute approximate surface area is 84.7 Å². The van der Waals surface area contributed by atoms with Crippen LogP contribution in [0.5, 0.6) is 0 Å². The van der Waals surface area contributed by atoms with Crippen LogP contribution in [0.1, 0.15) is 20.8 Å². The van der Waals surface area contributed by atoms with E-state index in [4.69, 9.17) is 16.2 Å². The number of halogens is 1. The second kappa shape index (κ2) is 5.70. The van der Waals surface area contributed by atoms with Crippen LogP contribution in [0.4, 0.5) is 0 Å². The Morgan fingerprint density at radius 2 is 1.85 bits per heavy atom. The minimum atomic E-state index is -0.495. The zero-order valence-electron chi connectivity index (χ0n) is 8.16. The Morgan fingerprint density at radius 1 is 1.38 bits per heavy atom. The molecule has 0 saturated heterocycles. The molecule has 0 spiro atoms. The molecule has 0 bridgehead atoms. The fourth-order valence-electron chi connectivity index (χ4n) is 0.465. The molecule has 0 unspecified atom stereocenters. The van der Waals surface area contributed by atoms with Crippen molar-refractivity contribution < 1.29 is 9.53 Å². The molecule has 0 fully saturated rings. The van der Waals surface area contributed by atoms with Crippen LogP contribution >= 0.6 is 12.4 Å². The first-order valence-corrected chi connectivity index (χ1v) is 3.71. The molecule has 0 atom stereocenters. The number of nitrogens with two attached hydrogens (primary N) is 2. The maximum absolute atomic E-state index is 10.8. The number of ether oxygens (including phenoxy) is 1. The molecule has 4 N–H and O–H groups in total. The van der Waals surface area contributed by atoms with Gasteiger partial charge in [-0.1, -0.05) is 20.8 Å². The summed E-state index contributed by atoms with van der Waals surface area (Å²) in [6, 6.07) is 0. The Bertz CT molecular complexity index is 193. The normalized spacial score (nSPS) is 9.77. The fraction of sp³-hybridized carbons (Fsp3) is 0.625. The lowest BCUT2D eigenvalue weighted by Crippen LogP contribution is -2.19. The first-order valence-electron chi connectivity index (χ1n) is 3.71. The smallest absolute Gasteiger partial charge is 0.334 e. The molecule has 0 heterocycles. The second-order valence-corrected chi connectivity index (χ2v) is 3.81. The van der Waals surface area contributed by atoms with Crippen molar-refractivity contribution in [1.82, 2.24) is 0 Å². The molecule has 78 valence electrons. The molecule has 4 nitrogen and oxygen atoms in total. The third kappa shape index (κ3) is 11.1. The van der Waals surface area contributed by atoms with Gasteiger partial charge in [0.2, 0.25) is 0 Å². The van der Waals surface area contributed by atoms with Gasteiger partial charge in [0.15, 0.2) is 0 Å². The summed E-state index contributed by atoms with van der Waals surface area (Å²) < 4.78 is 4.84. The summed E-state index contributed by atoms with van der Waals surface area (Å²) in [5.41, 5.74) is 10.1. The van der Waals surface area contributed by atoms with E-state index in [1.54, 1.807) is 0 Å². The molecule has 0 saturated carbocycles. The van der Waals surface area contributed by atoms with Gasteiger partial charge in [-0.25, -0.2) is 4.79 Å². The summed E-state index contributed by atoms with van der Waals surface area (Å²) in [5, 5.41) is 0. The van der Waals surface area contributed by atoms with E-state index in [9.17, 15) is 4.79 Å². The summed E-state index contributed by atoms with van der Waals surface area (Å²) in [5.74, 6) is -0.529. The Hall–Kier alpha value is -0.900. The predicted octanol–water partition coefficient (Wildman–Crippen LogP) is 0.756. The Morgan fingerprint density at radius 3 is 2.15 bits per heavy atom. The molecule has 0 aliphatic carbocycles. The van der Waals surface area contributed by atoms with E-state index in [0.717, 1.165) is 6.08 Å². The summed E-state index contributed by atoms with van der Waals surface area (Å²) in [6.07, 6.45) is 1.06. The molecule has 0 radical (unpaired) electrons. The molecular formula is C8H17ClN2O2. The van der Waals surface area contributed by atoms with Gasteiger partial charge in [0, 0.05) is 0 Å². The molecule has 0 aliphatic heterocycles. The van der Waals surface area contributed by atoms with Crippen LogP contribution in [-0.2, 0) is 9.53 Å². The Kier molecular flexibility index (Phi) is 6.40. The third-order valence-corrected chi connectivity index (χ3v) is 0.932. The number of rotatable bonds is 2. The van der Waals surface area contributed by atoms with Crippen molar-refractivity contribution in [2.24, 2.45) is 16.9 Å². The van der Waals surface area contributed by atoms with Gasteiger partial charge < -0.3 is 16.2 Å². The third-order valence-electron chi connectivity index (χ3n) is 0.932. The van der Waals surface area contributed by atoms with Crippen molar-refractivity contribution in [1.29, 1.82) is 0 Å². The lowest BCUT2D eigenvalue weighted by atomic mass is 9.99. The van der Waals surface area contributed by atoms with Crippen LogP contribution in [0.2, 0.25) is 0 Å². The fourth-order valence-corrected chi connectivity index (χ4v) is 0.465. The van der Waals surface area contributed by atoms with Crippen LogP contribution in [0.25, 0.3) is 0 Å². The highest BCUT2D eigenvalue weighted by atomic mass is 35.5. The van der Waals surface area contributed by atoms with Gasteiger partial charge in [-0.05, 0) is 5.41 Å². The highest BCUT2D eigenvalue weighted by Crippen LogP contribution is 2.12. The largest absolute Gasteiger partial charge is 0.462 e. The molecule has 0 aromatic carbocycles. The summed E-state index contributed by atoms with van der Waals surface area (Å²) >= 11 is 0. The highest BCUT2D eigenvalue weighted by molar-refractivity contribution is 5.85. The van der Waals surface area contributed by atoms with E-state index >= 15 is 0 Å². The number of hydrogen-bond acceptors (Lipinski definition) is 4. The number of carbonyl (C=O) groups excluding carboxylic acids is 1. The van der Waals surface area contributed by atoms with Crippen LogP contribution in [0.3, 0.4) is 0 Å². The van der Waals surface area contributed by atoms with Crippen molar-refractivity contribution in [3.63, 3.8) is 0 Å². The average molecular weight is 209 g/mol. The van der Waals surface area contributed by atoms with Crippen molar-refractivity contribution in [2.45, 2.75) is 20.8 Å². The first-order chi connectivity index (χ1) is 5.31. The van der Waals surface area contributed by atoms with E-state index in [-0.39, 0.29) is 23.6 Å². The minimum absolute atomic E-state index is 0. The van der Waals surface area contributed by atoms with Gasteiger partial charge in [0.25, 0.3) is 0 Å². The standard InChI is InChI=1S/C8H16N2O2.ClH/c1-8(2,3)5-12-7(11)4-6(9)10;/h4H,5,9-10H2,1-3H3;1H. The van der Waals surface area contributed by atoms with Crippen molar-refractivity contribution in [3.8, 4) is 0 Å². The van der Waals surface area contributed by atoms with Crippen LogP contribution in [-0.4, -0.2) is 12.6 Å². The van der Waals surface area contributed by atoms with Gasteiger partial charge in [0.1, 0.15) is 5.82 Å². The zero-order chi connectivity index (χ0) is 9.78. The summed E-state index contributed by atoms with van der Waals surface area (Å²) in [4.78, 5) is 10.8. The maximum Gasteiger partial charge on any atom is 0.334 e. The van der Waals surface area contributed by atoms with Gasteiger partial charge in [0.05, 0.1) is 12.7 Å². The first kappa shape index (κ1) is 14.6. The van der Waals surface area contributed by atoms with Crippen LogP contribution < -0.4 is 11.5 Å². The Balaban J connectivity index is 0. The SMILES string of the molecule is CC(C)(C)COC(=O)C=C(N)N.Cl. The quantitative estimate of drug-likeness (QED) is 0.519. The minimum Gasteiger partial charge on any atom is -0.462 e. The van der Waals surface area contributed by atoms with E-state index in [1.165, 1.54) is 0 Å². The van der Waals surface area contributed by atoms with E-state index in [0.29, 0.717) is 6.61 Å². The average Bonchev–Trinajstić information content (AvgIpc) is 1.80. The molecule has 0 aromatic rings. The second-order valence-electron chi connectivity index (χ2n) is 3.81.